The Bertz CT molecular complexity index is 1300. The van der Waals surface area contributed by atoms with E-state index in [-0.39, 0.29) is 12.0 Å². The van der Waals surface area contributed by atoms with E-state index in [1.165, 1.54) is 6.08 Å². The summed E-state index contributed by atoms with van der Waals surface area (Å²) in [6, 6.07) is 22.9. The van der Waals surface area contributed by atoms with Gasteiger partial charge in [0.15, 0.2) is 0 Å². The number of nitrogens with zero attached hydrogens (tertiary/aromatic N) is 2. The van der Waals surface area contributed by atoms with Gasteiger partial charge < -0.3 is 10.4 Å². The standard InChI is InChI=1S/C28H24BrN3O3/c29-25-5-3-4-24(31-25)17-22(18-30)27(35)32-28(14-1-2-15-28)23-12-10-21(11-13-23)20-8-6-19(7-9-20)16-26(33)34/h3-13,17H,1-2,14-16H2,(H,32,35)(H,33,34)/b22-17+. The molecule has 0 bridgehead atoms. The molecule has 1 aliphatic carbocycles. The van der Waals surface area contributed by atoms with Gasteiger partial charge in [-0.3, -0.25) is 9.59 Å². The molecule has 7 heteroatoms. The zero-order valence-corrected chi connectivity index (χ0v) is 20.6. The number of amides is 1. The molecule has 2 aromatic carbocycles. The molecule has 35 heavy (non-hydrogen) atoms. The number of benzene rings is 2. The molecule has 3 aromatic rings. The van der Waals surface area contributed by atoms with E-state index in [0.717, 1.165) is 47.9 Å². The summed E-state index contributed by atoms with van der Waals surface area (Å²) in [5, 5.41) is 21.7. The predicted octanol–water partition coefficient (Wildman–Crippen LogP) is 5.63. The maximum Gasteiger partial charge on any atom is 0.307 e. The van der Waals surface area contributed by atoms with E-state index in [2.05, 4.69) is 26.2 Å². The summed E-state index contributed by atoms with van der Waals surface area (Å²) in [7, 11) is 0. The van der Waals surface area contributed by atoms with Gasteiger partial charge in [-0.05, 0) is 69.2 Å². The maximum atomic E-state index is 13.1. The minimum Gasteiger partial charge on any atom is -0.481 e. The van der Waals surface area contributed by atoms with Gasteiger partial charge in [0.1, 0.15) is 16.2 Å². The van der Waals surface area contributed by atoms with Crippen LogP contribution in [-0.2, 0) is 21.5 Å². The Morgan fingerprint density at radius 2 is 1.66 bits per heavy atom. The van der Waals surface area contributed by atoms with Gasteiger partial charge in [-0.15, -0.1) is 0 Å². The van der Waals surface area contributed by atoms with Crippen molar-refractivity contribution < 1.29 is 14.7 Å². The Kier molecular flexibility index (Phi) is 7.42. The molecule has 4 rings (SSSR count). The van der Waals surface area contributed by atoms with Crippen molar-refractivity contribution in [1.82, 2.24) is 10.3 Å². The summed E-state index contributed by atoms with van der Waals surface area (Å²) >= 11 is 3.31. The maximum absolute atomic E-state index is 13.1. The zero-order valence-electron chi connectivity index (χ0n) is 19.0. The van der Waals surface area contributed by atoms with Crippen LogP contribution in [0.25, 0.3) is 17.2 Å². The largest absolute Gasteiger partial charge is 0.481 e. The molecule has 1 heterocycles. The highest BCUT2D eigenvalue weighted by atomic mass is 79.9. The molecule has 0 saturated heterocycles. The van der Waals surface area contributed by atoms with Gasteiger partial charge in [0.25, 0.3) is 5.91 Å². The number of rotatable bonds is 7. The first-order chi connectivity index (χ1) is 16.9. The molecule has 6 nitrogen and oxygen atoms in total. The number of nitrogens with one attached hydrogen (secondary N) is 1. The number of hydrogen-bond donors (Lipinski definition) is 2. The third-order valence-corrected chi connectivity index (χ3v) is 6.73. The van der Waals surface area contributed by atoms with Gasteiger partial charge in [0.2, 0.25) is 0 Å². The normalized spacial score (nSPS) is 14.8. The number of carboxylic acid groups (broad SMARTS) is 1. The first-order valence-corrected chi connectivity index (χ1v) is 12.2. The van der Waals surface area contributed by atoms with Crippen molar-refractivity contribution in [3.63, 3.8) is 0 Å². The molecule has 0 atom stereocenters. The van der Waals surface area contributed by atoms with Crippen LogP contribution in [0.1, 0.15) is 42.5 Å². The lowest BCUT2D eigenvalue weighted by molar-refractivity contribution is -0.136. The predicted molar refractivity (Wildman–Crippen MR) is 137 cm³/mol. The van der Waals surface area contributed by atoms with Gasteiger partial charge in [-0.25, -0.2) is 4.98 Å². The van der Waals surface area contributed by atoms with E-state index in [1.54, 1.807) is 18.2 Å². The van der Waals surface area contributed by atoms with Crippen LogP contribution in [0, 0.1) is 11.3 Å². The second-order valence-electron chi connectivity index (χ2n) is 8.64. The number of hydrogen-bond acceptors (Lipinski definition) is 4. The minimum atomic E-state index is -0.853. The fraction of sp³-hybridized carbons (Fsp3) is 0.214. The summed E-state index contributed by atoms with van der Waals surface area (Å²) in [5.74, 6) is -1.26. The number of nitriles is 1. The van der Waals surface area contributed by atoms with Crippen LogP contribution in [0.3, 0.4) is 0 Å². The van der Waals surface area contributed by atoms with E-state index in [1.807, 2.05) is 54.6 Å². The van der Waals surface area contributed by atoms with Crippen molar-refractivity contribution in [1.29, 1.82) is 5.26 Å². The van der Waals surface area contributed by atoms with Crippen LogP contribution in [0.2, 0.25) is 0 Å². The number of halogens is 1. The summed E-state index contributed by atoms with van der Waals surface area (Å²) < 4.78 is 0.632. The molecular formula is C28H24BrN3O3. The van der Waals surface area contributed by atoms with Crippen LogP contribution >= 0.6 is 15.9 Å². The molecule has 0 spiro atoms. The lowest BCUT2D eigenvalue weighted by Crippen LogP contribution is -2.44. The smallest absolute Gasteiger partial charge is 0.307 e. The molecule has 1 aliphatic rings. The number of pyridine rings is 1. The molecule has 0 aliphatic heterocycles. The molecule has 0 unspecified atom stereocenters. The highest BCUT2D eigenvalue weighted by Crippen LogP contribution is 2.39. The molecule has 1 amide bonds. The van der Waals surface area contributed by atoms with Gasteiger partial charge in [0.05, 0.1) is 17.7 Å². The molecule has 1 aromatic heterocycles. The number of carboxylic acids is 1. The van der Waals surface area contributed by atoms with Crippen LogP contribution in [-0.4, -0.2) is 22.0 Å². The number of carbonyl (C=O) groups is 2. The molecule has 1 saturated carbocycles. The van der Waals surface area contributed by atoms with Crippen molar-refractivity contribution in [3.8, 4) is 17.2 Å². The van der Waals surface area contributed by atoms with Gasteiger partial charge in [-0.2, -0.15) is 5.26 Å². The quantitative estimate of drug-likeness (QED) is 0.234. The Balaban J connectivity index is 1.55. The van der Waals surface area contributed by atoms with Crippen LogP contribution in [0.4, 0.5) is 0 Å². The SMILES string of the molecule is N#C/C(=C\c1cccc(Br)n1)C(=O)NC1(c2ccc(-c3ccc(CC(=O)O)cc3)cc2)CCCC1. The Morgan fingerprint density at radius 1 is 1.03 bits per heavy atom. The fourth-order valence-electron chi connectivity index (χ4n) is 4.52. The number of carbonyl (C=O) groups excluding carboxylic acids is 1. The average molecular weight is 530 g/mol. The molecular weight excluding hydrogens is 506 g/mol. The minimum absolute atomic E-state index is 0.00181. The average Bonchev–Trinajstić information content (AvgIpc) is 3.32. The topological polar surface area (TPSA) is 103 Å². The van der Waals surface area contributed by atoms with E-state index >= 15 is 0 Å². The Hall–Kier alpha value is -3.76. The summed E-state index contributed by atoms with van der Waals surface area (Å²) in [6.07, 6.45) is 5.08. The van der Waals surface area contributed by atoms with Crippen molar-refractivity contribution in [2.24, 2.45) is 0 Å². The molecule has 1 fully saturated rings. The third-order valence-electron chi connectivity index (χ3n) is 6.28. The van der Waals surface area contributed by atoms with Crippen molar-refractivity contribution in [2.75, 3.05) is 0 Å². The van der Waals surface area contributed by atoms with Crippen LogP contribution in [0.15, 0.2) is 76.9 Å². The van der Waals surface area contributed by atoms with E-state index in [9.17, 15) is 14.9 Å². The third kappa shape index (κ3) is 5.84. The van der Waals surface area contributed by atoms with E-state index in [4.69, 9.17) is 5.11 Å². The molecule has 2 N–H and O–H groups in total. The lowest BCUT2D eigenvalue weighted by Gasteiger charge is -2.31. The fourth-order valence-corrected chi connectivity index (χ4v) is 4.88. The van der Waals surface area contributed by atoms with E-state index in [0.29, 0.717) is 10.3 Å². The van der Waals surface area contributed by atoms with E-state index < -0.39 is 17.4 Å². The first kappa shape index (κ1) is 24.4. The van der Waals surface area contributed by atoms with Gasteiger partial charge in [-0.1, -0.05) is 67.4 Å². The second-order valence-corrected chi connectivity index (χ2v) is 9.46. The zero-order chi connectivity index (χ0) is 24.8. The summed E-state index contributed by atoms with van der Waals surface area (Å²) in [4.78, 5) is 28.3. The lowest BCUT2D eigenvalue weighted by atomic mass is 9.86. The highest BCUT2D eigenvalue weighted by molar-refractivity contribution is 9.10. The van der Waals surface area contributed by atoms with Crippen LogP contribution in [0.5, 0.6) is 0 Å². The second kappa shape index (κ2) is 10.7. The van der Waals surface area contributed by atoms with Crippen LogP contribution < -0.4 is 5.32 Å². The van der Waals surface area contributed by atoms with Crippen molar-refractivity contribution in [2.45, 2.75) is 37.6 Å². The van der Waals surface area contributed by atoms with Crippen molar-refractivity contribution >= 4 is 33.9 Å². The number of aliphatic carboxylic acids is 1. The van der Waals surface area contributed by atoms with Gasteiger partial charge in [0, 0.05) is 0 Å². The molecule has 176 valence electrons. The number of aromatic nitrogens is 1. The van der Waals surface area contributed by atoms with Crippen molar-refractivity contribution in [3.05, 3.63) is 93.7 Å². The highest BCUT2D eigenvalue weighted by Gasteiger charge is 2.37. The van der Waals surface area contributed by atoms with Gasteiger partial charge >= 0.3 is 5.97 Å². The first-order valence-electron chi connectivity index (χ1n) is 11.4. The molecule has 0 radical (unpaired) electrons. The summed E-state index contributed by atoms with van der Waals surface area (Å²) in [6.45, 7) is 0. The summed E-state index contributed by atoms with van der Waals surface area (Å²) in [5.41, 5.74) is 3.78. The Labute approximate surface area is 212 Å². The monoisotopic (exact) mass is 529 g/mol. The Morgan fingerprint density at radius 3 is 2.23 bits per heavy atom.